The van der Waals surface area contributed by atoms with Crippen LogP contribution in [-0.2, 0) is 6.54 Å². The molecule has 8 nitrogen and oxygen atoms in total. The number of carboxylic acids is 1. The second kappa shape index (κ2) is 7.10. The molecule has 0 saturated carbocycles. The number of aromatic carboxylic acids is 1. The van der Waals surface area contributed by atoms with Gasteiger partial charge in [-0.15, -0.1) is 0 Å². The first-order chi connectivity index (χ1) is 10.9. The molecular weight excluding hydrogens is 322 g/mol. The summed E-state index contributed by atoms with van der Waals surface area (Å²) in [7, 11) is 3.62. The third-order valence-electron chi connectivity index (χ3n) is 2.92. The number of carboxylic acid groups (broad SMARTS) is 1. The highest BCUT2D eigenvalue weighted by Crippen LogP contribution is 2.32. The van der Waals surface area contributed by atoms with Crippen molar-refractivity contribution in [1.29, 1.82) is 5.41 Å². The van der Waals surface area contributed by atoms with Crippen LogP contribution in [0.4, 0.5) is 0 Å². The molecular formula is C14H16ClN5O3. The summed E-state index contributed by atoms with van der Waals surface area (Å²) in [6.45, 7) is 0.956. The third kappa shape index (κ3) is 3.98. The van der Waals surface area contributed by atoms with Crippen molar-refractivity contribution in [2.24, 2.45) is 0 Å². The first kappa shape index (κ1) is 16.8. The van der Waals surface area contributed by atoms with E-state index in [2.05, 4.69) is 9.97 Å². The number of fused-ring (bicyclic) bond motifs is 3. The largest absolute Gasteiger partial charge is 0.491 e. The van der Waals surface area contributed by atoms with E-state index in [4.69, 9.17) is 26.9 Å². The van der Waals surface area contributed by atoms with Crippen LogP contribution < -0.4 is 4.74 Å². The molecule has 122 valence electrons. The molecule has 0 fully saturated rings. The Hall–Kier alpha value is -2.61. The molecule has 0 unspecified atom stereocenters. The van der Waals surface area contributed by atoms with Gasteiger partial charge in [-0.25, -0.2) is 14.8 Å². The third-order valence-corrected chi connectivity index (χ3v) is 3.12. The SMILES string of the molecule is CN(C)C=N.O=C(O)c1cn2c(n1)-c1cnc(Cl)cc1OCC2. The monoisotopic (exact) mass is 337 g/mol. The lowest BCUT2D eigenvalue weighted by molar-refractivity contribution is 0.0691. The van der Waals surface area contributed by atoms with E-state index in [1.807, 2.05) is 14.1 Å². The minimum absolute atomic E-state index is 0.00722. The number of aromatic nitrogens is 3. The maximum atomic E-state index is 10.9. The number of nitrogens with one attached hydrogen (secondary N) is 1. The summed E-state index contributed by atoms with van der Waals surface area (Å²) in [5, 5.41) is 15.7. The van der Waals surface area contributed by atoms with Crippen LogP contribution in [0.5, 0.6) is 5.75 Å². The second-order valence-electron chi connectivity index (χ2n) is 4.89. The molecule has 0 spiro atoms. The van der Waals surface area contributed by atoms with Gasteiger partial charge in [0.05, 0.1) is 18.4 Å². The van der Waals surface area contributed by atoms with Crippen molar-refractivity contribution in [1.82, 2.24) is 19.4 Å². The Morgan fingerprint density at radius 2 is 2.26 bits per heavy atom. The molecule has 3 rings (SSSR count). The van der Waals surface area contributed by atoms with Crippen molar-refractivity contribution in [2.75, 3.05) is 20.7 Å². The Morgan fingerprint density at radius 3 is 2.87 bits per heavy atom. The Morgan fingerprint density at radius 1 is 1.57 bits per heavy atom. The summed E-state index contributed by atoms with van der Waals surface area (Å²) in [6, 6.07) is 1.60. The van der Waals surface area contributed by atoms with Crippen LogP contribution in [-0.4, -0.2) is 57.6 Å². The fraction of sp³-hybridized carbons (Fsp3) is 0.286. The average molecular weight is 338 g/mol. The lowest BCUT2D eigenvalue weighted by Crippen LogP contribution is -2.05. The fourth-order valence-corrected chi connectivity index (χ4v) is 2.01. The van der Waals surface area contributed by atoms with Gasteiger partial charge in [0.1, 0.15) is 23.3 Å². The zero-order chi connectivity index (χ0) is 17.0. The number of imidazole rings is 1. The molecule has 0 radical (unpaired) electrons. The van der Waals surface area contributed by atoms with Gasteiger partial charge in [-0.05, 0) is 0 Å². The molecule has 2 aromatic rings. The van der Waals surface area contributed by atoms with Crippen LogP contribution in [0.1, 0.15) is 10.5 Å². The van der Waals surface area contributed by atoms with Gasteiger partial charge in [0.15, 0.2) is 5.69 Å². The summed E-state index contributed by atoms with van der Waals surface area (Å²) < 4.78 is 7.28. The van der Waals surface area contributed by atoms with E-state index in [0.29, 0.717) is 35.4 Å². The van der Waals surface area contributed by atoms with E-state index >= 15 is 0 Å². The topological polar surface area (TPSA) is 104 Å². The Bertz CT molecular complexity index is 729. The Labute approximate surface area is 137 Å². The number of nitrogens with zero attached hydrogens (tertiary/aromatic N) is 4. The molecule has 0 atom stereocenters. The van der Waals surface area contributed by atoms with Crippen LogP contribution in [0, 0.1) is 5.41 Å². The number of pyridine rings is 1. The molecule has 0 bridgehead atoms. The van der Waals surface area contributed by atoms with Crippen LogP contribution in [0.25, 0.3) is 11.4 Å². The van der Waals surface area contributed by atoms with Gasteiger partial charge >= 0.3 is 5.97 Å². The zero-order valence-corrected chi connectivity index (χ0v) is 13.4. The maximum Gasteiger partial charge on any atom is 0.356 e. The first-order valence-electron chi connectivity index (χ1n) is 6.68. The van der Waals surface area contributed by atoms with Crippen LogP contribution in [0.2, 0.25) is 5.15 Å². The number of hydrogen-bond acceptors (Lipinski definition) is 5. The Kier molecular flexibility index (Phi) is 5.17. The van der Waals surface area contributed by atoms with Crippen molar-refractivity contribution in [2.45, 2.75) is 6.54 Å². The molecule has 1 aliphatic rings. The van der Waals surface area contributed by atoms with Crippen LogP contribution in [0.15, 0.2) is 18.5 Å². The van der Waals surface area contributed by atoms with E-state index in [-0.39, 0.29) is 5.69 Å². The molecule has 9 heteroatoms. The quantitative estimate of drug-likeness (QED) is 0.492. The predicted octanol–water partition coefficient (Wildman–Crippen LogP) is 1.84. The van der Waals surface area contributed by atoms with E-state index < -0.39 is 5.97 Å². The van der Waals surface area contributed by atoms with Gasteiger partial charge in [0.2, 0.25) is 0 Å². The first-order valence-corrected chi connectivity index (χ1v) is 7.06. The number of ether oxygens (including phenoxy) is 1. The molecule has 0 amide bonds. The van der Waals surface area contributed by atoms with Gasteiger partial charge in [0, 0.05) is 32.6 Å². The molecule has 0 aromatic carbocycles. The van der Waals surface area contributed by atoms with Crippen molar-refractivity contribution in [3.05, 3.63) is 29.3 Å². The van der Waals surface area contributed by atoms with Crippen molar-refractivity contribution in [3.8, 4) is 17.1 Å². The summed E-state index contributed by atoms with van der Waals surface area (Å²) >= 11 is 5.80. The number of carbonyl (C=O) groups is 1. The lowest BCUT2D eigenvalue weighted by Gasteiger charge is -2.05. The van der Waals surface area contributed by atoms with Gasteiger partial charge in [0.25, 0.3) is 0 Å². The molecule has 2 N–H and O–H groups in total. The van der Waals surface area contributed by atoms with Crippen molar-refractivity contribution >= 4 is 23.9 Å². The summed E-state index contributed by atoms with van der Waals surface area (Å²) in [4.78, 5) is 20.6. The second-order valence-corrected chi connectivity index (χ2v) is 5.28. The molecule has 0 saturated heterocycles. The predicted molar refractivity (Wildman–Crippen MR) is 85.4 cm³/mol. The van der Waals surface area contributed by atoms with E-state index in [9.17, 15) is 4.79 Å². The lowest BCUT2D eigenvalue weighted by atomic mass is 10.2. The summed E-state index contributed by atoms with van der Waals surface area (Å²) in [5.41, 5.74) is 0.650. The highest BCUT2D eigenvalue weighted by atomic mass is 35.5. The minimum Gasteiger partial charge on any atom is -0.491 e. The Balaban J connectivity index is 0.000000338. The smallest absolute Gasteiger partial charge is 0.356 e. The molecule has 23 heavy (non-hydrogen) atoms. The van der Waals surface area contributed by atoms with E-state index in [0.717, 1.165) is 0 Å². The van der Waals surface area contributed by atoms with Gasteiger partial charge in [-0.1, -0.05) is 11.6 Å². The molecule has 0 aliphatic carbocycles. The number of halogens is 1. The number of hydrogen-bond donors (Lipinski definition) is 2. The van der Waals surface area contributed by atoms with Crippen molar-refractivity contribution in [3.63, 3.8) is 0 Å². The molecule has 2 aromatic heterocycles. The fourth-order valence-electron chi connectivity index (χ4n) is 1.86. The van der Waals surface area contributed by atoms with E-state index in [1.165, 1.54) is 18.7 Å². The van der Waals surface area contributed by atoms with Crippen LogP contribution >= 0.6 is 11.6 Å². The van der Waals surface area contributed by atoms with Gasteiger partial charge < -0.3 is 19.3 Å². The highest BCUT2D eigenvalue weighted by molar-refractivity contribution is 6.29. The van der Waals surface area contributed by atoms with Gasteiger partial charge in [-0.2, -0.15) is 0 Å². The molecule has 1 aliphatic heterocycles. The maximum absolute atomic E-state index is 10.9. The summed E-state index contributed by atoms with van der Waals surface area (Å²) in [6.07, 6.45) is 4.28. The normalized spacial score (nSPS) is 11.8. The number of rotatable bonds is 2. The van der Waals surface area contributed by atoms with E-state index in [1.54, 1.807) is 15.5 Å². The highest BCUT2D eigenvalue weighted by Gasteiger charge is 2.21. The van der Waals surface area contributed by atoms with Crippen LogP contribution in [0.3, 0.4) is 0 Å². The standard InChI is InChI=1S/C11H8ClN3O3.C3H8N2/c12-9-3-8-6(4-13-9)10-14-7(11(16)17)5-15(10)1-2-18-8;1-5(2)3-4/h3-5H,1-2H2,(H,16,17);3-4H,1-2H3. The average Bonchev–Trinajstić information content (AvgIpc) is 2.85. The zero-order valence-electron chi connectivity index (χ0n) is 12.7. The minimum atomic E-state index is -1.06. The van der Waals surface area contributed by atoms with Gasteiger partial charge in [-0.3, -0.25) is 5.41 Å². The summed E-state index contributed by atoms with van der Waals surface area (Å²) in [5.74, 6) is 0.0420. The van der Waals surface area contributed by atoms with Crippen molar-refractivity contribution < 1.29 is 14.6 Å². The molecule has 3 heterocycles.